The van der Waals surface area contributed by atoms with Crippen molar-refractivity contribution in [1.82, 2.24) is 0 Å². The van der Waals surface area contributed by atoms with Crippen LogP contribution in [0.1, 0.15) is 46.0 Å². The van der Waals surface area contributed by atoms with Crippen LogP contribution >= 0.6 is 11.6 Å². The lowest BCUT2D eigenvalue weighted by molar-refractivity contribution is 0.0586. The summed E-state index contributed by atoms with van der Waals surface area (Å²) < 4.78 is 6.00. The van der Waals surface area contributed by atoms with Gasteiger partial charge in [0.25, 0.3) is 0 Å². The largest absolute Gasteiger partial charge is 0.381 e. The number of hydrogen-bond donors (Lipinski definition) is 0. The van der Waals surface area contributed by atoms with E-state index in [9.17, 15) is 0 Å². The van der Waals surface area contributed by atoms with Gasteiger partial charge in [0, 0.05) is 25.5 Å². The molecule has 0 unspecified atom stereocenters. The minimum atomic E-state index is -0.973. The molecule has 1 saturated carbocycles. The first-order valence-electron chi connectivity index (χ1n) is 7.97. The van der Waals surface area contributed by atoms with Crippen LogP contribution < -0.4 is 0 Å². The van der Waals surface area contributed by atoms with E-state index in [0.717, 1.165) is 19.1 Å². The fourth-order valence-corrected chi connectivity index (χ4v) is 4.02. The molecule has 1 rings (SSSR count). The van der Waals surface area contributed by atoms with Crippen LogP contribution in [0.5, 0.6) is 0 Å². The van der Waals surface area contributed by atoms with Gasteiger partial charge in [0.1, 0.15) is 0 Å². The van der Waals surface area contributed by atoms with Crippen LogP contribution in [-0.4, -0.2) is 26.2 Å². The molecule has 0 aliphatic heterocycles. The molecule has 114 valence electrons. The summed E-state index contributed by atoms with van der Waals surface area (Å²) in [5, 5.41) is 0. The average molecular weight is 305 g/mol. The Morgan fingerprint density at radius 1 is 1.16 bits per heavy atom. The molecular formula is C16H33ClOSi. The zero-order valence-corrected chi connectivity index (χ0v) is 15.4. The Morgan fingerprint density at radius 2 is 1.74 bits per heavy atom. The maximum Gasteiger partial charge on any atom is 0.0513 e. The van der Waals surface area contributed by atoms with E-state index in [1.165, 1.54) is 38.1 Å². The second-order valence-corrected chi connectivity index (χ2v) is 14.6. The highest BCUT2D eigenvalue weighted by molar-refractivity contribution is 6.76. The molecule has 1 fully saturated rings. The van der Waals surface area contributed by atoms with E-state index in [1.54, 1.807) is 0 Å². The Hall–Kier alpha value is 0.467. The predicted molar refractivity (Wildman–Crippen MR) is 89.0 cm³/mol. The minimum absolute atomic E-state index is 0.138. The predicted octanol–water partition coefficient (Wildman–Crippen LogP) is 5.56. The van der Waals surface area contributed by atoms with Crippen LogP contribution in [0.3, 0.4) is 0 Å². The van der Waals surface area contributed by atoms with Crippen molar-refractivity contribution in [3.05, 3.63) is 0 Å². The van der Waals surface area contributed by atoms with Crippen molar-refractivity contribution in [2.75, 3.05) is 13.2 Å². The molecule has 1 nitrogen and oxygen atoms in total. The molecule has 0 spiro atoms. The van der Waals surface area contributed by atoms with E-state index in [-0.39, 0.29) is 4.87 Å². The lowest BCUT2D eigenvalue weighted by Crippen LogP contribution is -2.37. The summed E-state index contributed by atoms with van der Waals surface area (Å²) in [5.74, 6) is 1.28. The topological polar surface area (TPSA) is 9.23 Å². The van der Waals surface area contributed by atoms with Crippen LogP contribution in [0, 0.1) is 11.8 Å². The highest BCUT2D eigenvalue weighted by Crippen LogP contribution is 2.39. The summed E-state index contributed by atoms with van der Waals surface area (Å²) in [7, 11) is -0.973. The molecule has 0 radical (unpaired) electrons. The molecule has 1 aliphatic rings. The van der Waals surface area contributed by atoms with Gasteiger partial charge in [-0.25, -0.2) is 0 Å². The third-order valence-corrected chi connectivity index (χ3v) is 6.38. The van der Waals surface area contributed by atoms with Crippen LogP contribution in [0.25, 0.3) is 0 Å². The number of alkyl halides is 1. The third kappa shape index (κ3) is 7.15. The lowest BCUT2D eigenvalue weighted by atomic mass is 9.75. The first-order chi connectivity index (χ1) is 8.70. The smallest absolute Gasteiger partial charge is 0.0513 e. The monoisotopic (exact) mass is 304 g/mol. The molecule has 0 aromatic carbocycles. The van der Waals surface area contributed by atoms with Gasteiger partial charge in [-0.3, -0.25) is 0 Å². The highest BCUT2D eigenvalue weighted by Gasteiger charge is 2.34. The average Bonchev–Trinajstić information content (AvgIpc) is 2.26. The zero-order chi connectivity index (χ0) is 14.5. The molecule has 0 bridgehead atoms. The van der Waals surface area contributed by atoms with E-state index in [0.29, 0.717) is 5.92 Å². The van der Waals surface area contributed by atoms with Crippen LogP contribution in [-0.2, 0) is 4.74 Å². The van der Waals surface area contributed by atoms with Crippen molar-refractivity contribution in [2.45, 2.75) is 76.5 Å². The summed E-state index contributed by atoms with van der Waals surface area (Å²) >= 11 is 6.63. The van der Waals surface area contributed by atoms with E-state index >= 15 is 0 Å². The molecule has 0 N–H and O–H groups in total. The normalized spacial score (nSPS) is 20.5. The van der Waals surface area contributed by atoms with Crippen molar-refractivity contribution in [1.29, 1.82) is 0 Å². The Bertz CT molecular complexity index is 248. The maximum atomic E-state index is 6.63. The number of rotatable bonds is 7. The van der Waals surface area contributed by atoms with Gasteiger partial charge in [-0.15, -0.1) is 11.6 Å². The Morgan fingerprint density at radius 3 is 2.21 bits per heavy atom. The quantitative estimate of drug-likeness (QED) is 0.340. The molecule has 0 heterocycles. The Labute approximate surface area is 126 Å². The van der Waals surface area contributed by atoms with Crippen molar-refractivity contribution in [3.63, 3.8) is 0 Å². The van der Waals surface area contributed by atoms with Crippen molar-refractivity contribution in [2.24, 2.45) is 11.8 Å². The van der Waals surface area contributed by atoms with Crippen LogP contribution in [0.2, 0.25) is 25.7 Å². The van der Waals surface area contributed by atoms with Gasteiger partial charge in [-0.1, -0.05) is 51.7 Å². The molecule has 0 amide bonds. The van der Waals surface area contributed by atoms with Crippen LogP contribution in [0.15, 0.2) is 0 Å². The SMILES string of the molecule is CC(C)(Cl)[C@H](COCC[Si](C)(C)C)C1CCCCC1. The fraction of sp³-hybridized carbons (Fsp3) is 1.00. The van der Waals surface area contributed by atoms with E-state index in [2.05, 4.69) is 33.5 Å². The van der Waals surface area contributed by atoms with Gasteiger partial charge in [0.15, 0.2) is 0 Å². The van der Waals surface area contributed by atoms with Crippen molar-refractivity contribution < 1.29 is 4.74 Å². The Kier molecular flexibility index (Phi) is 6.89. The fourth-order valence-electron chi connectivity index (χ4n) is 3.02. The summed E-state index contributed by atoms with van der Waals surface area (Å²) in [4.78, 5) is -0.138. The van der Waals surface area contributed by atoms with Gasteiger partial charge in [0.2, 0.25) is 0 Å². The third-order valence-electron chi connectivity index (χ3n) is 4.39. The second-order valence-electron chi connectivity index (χ2n) is 7.95. The Balaban J connectivity index is 2.42. The number of ether oxygens (including phenoxy) is 1. The minimum Gasteiger partial charge on any atom is -0.381 e. The number of hydrogen-bond acceptors (Lipinski definition) is 1. The van der Waals surface area contributed by atoms with Gasteiger partial charge in [-0.2, -0.15) is 0 Å². The molecular weight excluding hydrogens is 272 g/mol. The summed E-state index contributed by atoms with van der Waals surface area (Å²) in [6.45, 7) is 13.3. The maximum absolute atomic E-state index is 6.63. The first-order valence-corrected chi connectivity index (χ1v) is 12.1. The molecule has 1 aliphatic carbocycles. The molecule has 3 heteroatoms. The molecule has 0 aromatic rings. The van der Waals surface area contributed by atoms with Crippen molar-refractivity contribution >= 4 is 19.7 Å². The van der Waals surface area contributed by atoms with Gasteiger partial charge >= 0.3 is 0 Å². The van der Waals surface area contributed by atoms with E-state index < -0.39 is 8.07 Å². The van der Waals surface area contributed by atoms with Gasteiger partial charge in [-0.05, 0) is 25.8 Å². The van der Waals surface area contributed by atoms with E-state index in [1.807, 2.05) is 0 Å². The zero-order valence-electron chi connectivity index (χ0n) is 13.6. The van der Waals surface area contributed by atoms with Crippen molar-refractivity contribution in [3.8, 4) is 0 Å². The van der Waals surface area contributed by atoms with Gasteiger partial charge < -0.3 is 4.74 Å². The molecule has 1 atom stereocenters. The second kappa shape index (κ2) is 7.47. The summed E-state index contributed by atoms with van der Waals surface area (Å²) in [6.07, 6.45) is 6.85. The highest BCUT2D eigenvalue weighted by atomic mass is 35.5. The summed E-state index contributed by atoms with van der Waals surface area (Å²) in [6, 6.07) is 1.26. The molecule has 0 aromatic heterocycles. The van der Waals surface area contributed by atoms with E-state index in [4.69, 9.17) is 16.3 Å². The summed E-state index contributed by atoms with van der Waals surface area (Å²) in [5.41, 5.74) is 0. The lowest BCUT2D eigenvalue weighted by Gasteiger charge is -2.37. The molecule has 19 heavy (non-hydrogen) atoms. The molecule has 0 saturated heterocycles. The first kappa shape index (κ1) is 17.5. The van der Waals surface area contributed by atoms with Gasteiger partial charge in [0.05, 0.1) is 6.61 Å². The number of halogens is 1. The standard InChI is InChI=1S/C16H33ClOSi/c1-16(2,17)15(14-9-7-6-8-10-14)13-18-11-12-19(3,4)5/h14-15H,6-13H2,1-5H3/t15-/m1/s1. The van der Waals surface area contributed by atoms with Crippen LogP contribution in [0.4, 0.5) is 0 Å².